The van der Waals surface area contributed by atoms with Crippen molar-refractivity contribution in [2.75, 3.05) is 0 Å². The highest BCUT2D eigenvalue weighted by Gasteiger charge is 2.39. The van der Waals surface area contributed by atoms with E-state index >= 15 is 0 Å². The summed E-state index contributed by atoms with van der Waals surface area (Å²) in [6.45, 7) is 0. The van der Waals surface area contributed by atoms with Crippen molar-refractivity contribution in [3.8, 4) is 11.1 Å². The molecule has 2 atom stereocenters. The fraction of sp³-hybridized carbons (Fsp3) is 0.294. The Labute approximate surface area is 113 Å². The fourth-order valence-electron chi connectivity index (χ4n) is 2.89. The number of hydrogen-bond donors (Lipinski definition) is 1. The van der Waals surface area contributed by atoms with Crippen LogP contribution in [-0.4, -0.2) is 6.04 Å². The second kappa shape index (κ2) is 4.78. The Morgan fingerprint density at radius 3 is 2.16 bits per heavy atom. The molecule has 0 aromatic heterocycles. The molecular weight excluding hydrogens is 237 g/mol. The van der Waals surface area contributed by atoms with Crippen molar-refractivity contribution in [3.63, 3.8) is 0 Å². The molecule has 2 unspecified atom stereocenters. The molecule has 0 amide bonds. The van der Waals surface area contributed by atoms with Gasteiger partial charge in [-0.25, -0.2) is 4.39 Å². The average Bonchev–Trinajstić information content (AvgIpc) is 2.81. The van der Waals surface area contributed by atoms with Crippen LogP contribution in [-0.2, 0) is 5.67 Å². The average molecular weight is 255 g/mol. The minimum atomic E-state index is -1.23. The number of rotatable bonds is 2. The summed E-state index contributed by atoms with van der Waals surface area (Å²) in [5.74, 6) is 0. The Bertz CT molecular complexity index is 549. The molecule has 2 heteroatoms. The lowest BCUT2D eigenvalue weighted by molar-refractivity contribution is 0.172. The Hall–Kier alpha value is -1.67. The molecule has 1 aliphatic rings. The molecule has 98 valence electrons. The van der Waals surface area contributed by atoms with Gasteiger partial charge >= 0.3 is 0 Å². The quantitative estimate of drug-likeness (QED) is 0.861. The predicted octanol–water partition coefficient (Wildman–Crippen LogP) is 4.03. The molecule has 1 aliphatic carbocycles. The largest absolute Gasteiger partial charge is 0.328 e. The Morgan fingerprint density at radius 1 is 0.947 bits per heavy atom. The van der Waals surface area contributed by atoms with Crippen LogP contribution in [0.2, 0.25) is 0 Å². The van der Waals surface area contributed by atoms with Crippen LogP contribution in [0.5, 0.6) is 0 Å². The first-order valence-corrected chi connectivity index (χ1v) is 6.78. The van der Waals surface area contributed by atoms with Crippen LogP contribution in [0.4, 0.5) is 4.39 Å². The Balaban J connectivity index is 1.87. The van der Waals surface area contributed by atoms with Gasteiger partial charge in [0.15, 0.2) is 0 Å². The number of nitrogens with two attached hydrogens (primary N) is 1. The molecule has 3 rings (SSSR count). The van der Waals surface area contributed by atoms with Gasteiger partial charge in [-0.2, -0.15) is 0 Å². The third-order valence-corrected chi connectivity index (χ3v) is 4.01. The van der Waals surface area contributed by atoms with Gasteiger partial charge in [0.05, 0.1) is 0 Å². The zero-order valence-corrected chi connectivity index (χ0v) is 10.9. The third-order valence-electron chi connectivity index (χ3n) is 4.01. The molecule has 0 radical (unpaired) electrons. The van der Waals surface area contributed by atoms with Crippen LogP contribution < -0.4 is 5.73 Å². The summed E-state index contributed by atoms with van der Waals surface area (Å²) in [5, 5.41) is 0. The van der Waals surface area contributed by atoms with Crippen LogP contribution in [0.3, 0.4) is 0 Å². The molecule has 2 aromatic rings. The van der Waals surface area contributed by atoms with Crippen LogP contribution >= 0.6 is 0 Å². The molecule has 0 saturated heterocycles. The highest BCUT2D eigenvalue weighted by molar-refractivity contribution is 5.63. The van der Waals surface area contributed by atoms with E-state index in [0.29, 0.717) is 12.8 Å². The molecule has 0 aliphatic heterocycles. The minimum absolute atomic E-state index is 0.00111. The first-order valence-electron chi connectivity index (χ1n) is 6.78. The molecular formula is C17H18FN. The molecule has 1 nitrogen and oxygen atoms in total. The monoisotopic (exact) mass is 255 g/mol. The fourth-order valence-corrected chi connectivity index (χ4v) is 2.89. The lowest BCUT2D eigenvalue weighted by Crippen LogP contribution is -2.21. The van der Waals surface area contributed by atoms with Gasteiger partial charge in [0.2, 0.25) is 0 Å². The van der Waals surface area contributed by atoms with Gasteiger partial charge in [-0.05, 0) is 29.5 Å². The van der Waals surface area contributed by atoms with Crippen molar-refractivity contribution < 1.29 is 4.39 Å². The SMILES string of the molecule is NC1CCC(F)(c2ccc(-c3ccccc3)cc2)C1. The van der Waals surface area contributed by atoms with E-state index in [1.807, 2.05) is 42.5 Å². The van der Waals surface area contributed by atoms with E-state index in [2.05, 4.69) is 12.1 Å². The van der Waals surface area contributed by atoms with Crippen molar-refractivity contribution >= 4 is 0 Å². The Kier molecular flexibility index (Phi) is 3.11. The van der Waals surface area contributed by atoms with Crippen LogP contribution in [0.25, 0.3) is 11.1 Å². The molecule has 1 saturated carbocycles. The van der Waals surface area contributed by atoms with Gasteiger partial charge in [0.25, 0.3) is 0 Å². The van der Waals surface area contributed by atoms with Crippen molar-refractivity contribution in [1.29, 1.82) is 0 Å². The highest BCUT2D eigenvalue weighted by Crippen LogP contribution is 2.42. The Morgan fingerprint density at radius 2 is 1.58 bits per heavy atom. The van der Waals surface area contributed by atoms with Gasteiger partial charge in [-0.15, -0.1) is 0 Å². The highest BCUT2D eigenvalue weighted by atomic mass is 19.1. The molecule has 0 spiro atoms. The maximum atomic E-state index is 14.7. The summed E-state index contributed by atoms with van der Waals surface area (Å²) in [4.78, 5) is 0. The van der Waals surface area contributed by atoms with E-state index in [4.69, 9.17) is 5.73 Å². The standard InChI is InChI=1S/C17H18FN/c18-17(11-10-16(19)12-17)15-8-6-14(7-9-15)13-4-2-1-3-5-13/h1-9,16H,10-12,19H2. The molecule has 2 N–H and O–H groups in total. The van der Waals surface area contributed by atoms with E-state index in [0.717, 1.165) is 23.1 Å². The molecule has 0 bridgehead atoms. The van der Waals surface area contributed by atoms with Crippen molar-refractivity contribution in [3.05, 3.63) is 60.2 Å². The van der Waals surface area contributed by atoms with E-state index in [1.165, 1.54) is 0 Å². The van der Waals surface area contributed by atoms with Crippen molar-refractivity contribution in [1.82, 2.24) is 0 Å². The van der Waals surface area contributed by atoms with Crippen molar-refractivity contribution in [2.45, 2.75) is 31.0 Å². The second-order valence-electron chi connectivity index (χ2n) is 5.41. The summed E-state index contributed by atoms with van der Waals surface area (Å²) in [6.07, 6.45) is 1.76. The van der Waals surface area contributed by atoms with Crippen LogP contribution in [0, 0.1) is 0 Å². The molecule has 0 heterocycles. The maximum Gasteiger partial charge on any atom is 0.137 e. The zero-order chi connectivity index (χ0) is 13.3. The first kappa shape index (κ1) is 12.4. The predicted molar refractivity (Wildman–Crippen MR) is 76.5 cm³/mol. The summed E-state index contributed by atoms with van der Waals surface area (Å²) in [5.41, 5.74) is 7.64. The molecule has 1 fully saturated rings. The second-order valence-corrected chi connectivity index (χ2v) is 5.41. The van der Waals surface area contributed by atoms with E-state index in [1.54, 1.807) is 0 Å². The summed E-state index contributed by atoms with van der Waals surface area (Å²) >= 11 is 0. The lowest BCUT2D eigenvalue weighted by atomic mass is 9.92. The topological polar surface area (TPSA) is 26.0 Å². The van der Waals surface area contributed by atoms with Gasteiger partial charge in [0, 0.05) is 12.5 Å². The summed E-state index contributed by atoms with van der Waals surface area (Å²) in [6, 6.07) is 17.9. The lowest BCUT2D eigenvalue weighted by Gasteiger charge is -2.20. The number of benzene rings is 2. The first-order chi connectivity index (χ1) is 9.17. The third kappa shape index (κ3) is 2.41. The van der Waals surface area contributed by atoms with E-state index in [9.17, 15) is 4.39 Å². The summed E-state index contributed by atoms with van der Waals surface area (Å²) in [7, 11) is 0. The van der Waals surface area contributed by atoms with Gasteiger partial charge in [-0.1, -0.05) is 54.6 Å². The number of alkyl halides is 1. The maximum absolute atomic E-state index is 14.7. The van der Waals surface area contributed by atoms with E-state index in [-0.39, 0.29) is 6.04 Å². The normalized spacial score (nSPS) is 26.5. The van der Waals surface area contributed by atoms with Gasteiger partial charge in [-0.3, -0.25) is 0 Å². The molecule has 2 aromatic carbocycles. The number of hydrogen-bond acceptors (Lipinski definition) is 1. The number of halogens is 1. The van der Waals surface area contributed by atoms with Crippen LogP contribution in [0.15, 0.2) is 54.6 Å². The van der Waals surface area contributed by atoms with Gasteiger partial charge in [0.1, 0.15) is 5.67 Å². The van der Waals surface area contributed by atoms with E-state index < -0.39 is 5.67 Å². The van der Waals surface area contributed by atoms with Gasteiger partial charge < -0.3 is 5.73 Å². The summed E-state index contributed by atoms with van der Waals surface area (Å²) < 4.78 is 14.7. The van der Waals surface area contributed by atoms with Crippen molar-refractivity contribution in [2.24, 2.45) is 5.73 Å². The smallest absolute Gasteiger partial charge is 0.137 e. The molecule has 19 heavy (non-hydrogen) atoms. The zero-order valence-electron chi connectivity index (χ0n) is 10.9. The van der Waals surface area contributed by atoms with Crippen LogP contribution in [0.1, 0.15) is 24.8 Å². The minimum Gasteiger partial charge on any atom is -0.328 e.